The van der Waals surface area contributed by atoms with Crippen molar-refractivity contribution in [2.45, 2.75) is 38.1 Å². The quantitative estimate of drug-likeness (QED) is 0.569. The van der Waals surface area contributed by atoms with Crippen molar-refractivity contribution >= 4 is 11.9 Å². The molecule has 1 saturated heterocycles. The molecule has 6 nitrogen and oxygen atoms in total. The fourth-order valence-corrected chi connectivity index (χ4v) is 2.64. The molecule has 0 spiro atoms. The SMILES string of the molecule is CN(C)C(=O)CNC(=NCc1ccc(C(F)(F)F)cc1)NCC1CCCCO1. The number of nitrogens with one attached hydrogen (secondary N) is 2. The predicted molar refractivity (Wildman–Crippen MR) is 101 cm³/mol. The summed E-state index contributed by atoms with van der Waals surface area (Å²) < 4.78 is 43.6. The van der Waals surface area contributed by atoms with Crippen molar-refractivity contribution in [3.8, 4) is 0 Å². The van der Waals surface area contributed by atoms with Crippen molar-refractivity contribution in [1.29, 1.82) is 0 Å². The normalized spacial score (nSPS) is 17.9. The summed E-state index contributed by atoms with van der Waals surface area (Å²) in [6.07, 6.45) is -1.16. The first kappa shape index (κ1) is 22.0. The number of likely N-dealkylation sites (N-methyl/N-ethyl adjacent to an activating group) is 1. The highest BCUT2D eigenvalue weighted by Gasteiger charge is 2.29. The van der Waals surface area contributed by atoms with Gasteiger partial charge in [0.15, 0.2) is 5.96 Å². The van der Waals surface area contributed by atoms with E-state index >= 15 is 0 Å². The van der Waals surface area contributed by atoms with Crippen molar-refractivity contribution in [1.82, 2.24) is 15.5 Å². The summed E-state index contributed by atoms with van der Waals surface area (Å²) in [7, 11) is 3.32. The number of halogens is 3. The third kappa shape index (κ3) is 7.38. The molecule has 9 heteroatoms. The first-order valence-electron chi connectivity index (χ1n) is 9.26. The molecule has 1 aliphatic rings. The Morgan fingerprint density at radius 3 is 2.50 bits per heavy atom. The number of carbonyl (C=O) groups excluding carboxylic acids is 1. The maximum atomic E-state index is 12.7. The van der Waals surface area contributed by atoms with Gasteiger partial charge in [0.25, 0.3) is 0 Å². The third-order valence-corrected chi connectivity index (χ3v) is 4.38. The van der Waals surface area contributed by atoms with Gasteiger partial charge in [-0.2, -0.15) is 13.2 Å². The van der Waals surface area contributed by atoms with Gasteiger partial charge >= 0.3 is 6.18 Å². The number of ether oxygens (including phenoxy) is 1. The van der Waals surface area contributed by atoms with Gasteiger partial charge in [0, 0.05) is 27.2 Å². The Kier molecular flexibility index (Phi) is 8.10. The minimum absolute atomic E-state index is 0.0668. The standard InChI is InChI=1S/C19H27F3N4O2/c1-26(2)17(27)13-25-18(24-12-16-5-3-4-10-28-16)23-11-14-6-8-15(9-7-14)19(20,21)22/h6-9,16H,3-5,10-13H2,1-2H3,(H2,23,24,25). The highest BCUT2D eigenvalue weighted by molar-refractivity contribution is 5.86. The van der Waals surface area contributed by atoms with Gasteiger partial charge in [-0.15, -0.1) is 0 Å². The lowest BCUT2D eigenvalue weighted by Crippen LogP contribution is -2.45. The van der Waals surface area contributed by atoms with Crippen LogP contribution in [0.15, 0.2) is 29.3 Å². The Bertz CT molecular complexity index is 654. The number of amides is 1. The van der Waals surface area contributed by atoms with E-state index in [2.05, 4.69) is 15.6 Å². The fraction of sp³-hybridized carbons (Fsp3) is 0.579. The average Bonchev–Trinajstić information content (AvgIpc) is 2.67. The van der Waals surface area contributed by atoms with Crippen LogP contribution in [0.4, 0.5) is 13.2 Å². The number of benzene rings is 1. The smallest absolute Gasteiger partial charge is 0.376 e. The average molecular weight is 400 g/mol. The summed E-state index contributed by atoms with van der Waals surface area (Å²) in [5.41, 5.74) is -0.0512. The molecule has 0 aliphatic carbocycles. The largest absolute Gasteiger partial charge is 0.416 e. The van der Waals surface area contributed by atoms with E-state index in [4.69, 9.17) is 4.74 Å². The molecule has 1 aliphatic heterocycles. The molecule has 1 amide bonds. The van der Waals surface area contributed by atoms with E-state index in [0.717, 1.165) is 38.0 Å². The van der Waals surface area contributed by atoms with Crippen LogP contribution in [0.5, 0.6) is 0 Å². The van der Waals surface area contributed by atoms with Crippen LogP contribution in [-0.2, 0) is 22.3 Å². The van der Waals surface area contributed by atoms with Crippen molar-refractivity contribution in [2.75, 3.05) is 33.8 Å². The molecular weight excluding hydrogens is 373 g/mol. The Balaban J connectivity index is 1.98. The van der Waals surface area contributed by atoms with Crippen LogP contribution in [0.25, 0.3) is 0 Å². The van der Waals surface area contributed by atoms with Crippen LogP contribution in [0.3, 0.4) is 0 Å². The number of hydrogen-bond acceptors (Lipinski definition) is 3. The molecule has 0 bridgehead atoms. The molecule has 0 radical (unpaired) electrons. The van der Waals surface area contributed by atoms with E-state index in [1.165, 1.54) is 17.0 Å². The zero-order valence-corrected chi connectivity index (χ0v) is 16.2. The van der Waals surface area contributed by atoms with Crippen LogP contribution in [0.1, 0.15) is 30.4 Å². The minimum atomic E-state index is -4.36. The fourth-order valence-electron chi connectivity index (χ4n) is 2.64. The molecule has 1 heterocycles. The summed E-state index contributed by atoms with van der Waals surface area (Å²) in [5.74, 6) is 0.308. The van der Waals surface area contributed by atoms with Crippen LogP contribution in [0.2, 0.25) is 0 Å². The lowest BCUT2D eigenvalue weighted by atomic mass is 10.1. The predicted octanol–water partition coefficient (Wildman–Crippen LogP) is 2.40. The summed E-state index contributed by atoms with van der Waals surface area (Å²) >= 11 is 0. The highest BCUT2D eigenvalue weighted by atomic mass is 19.4. The molecule has 0 aromatic heterocycles. The summed E-state index contributed by atoms with van der Waals surface area (Å²) in [4.78, 5) is 17.7. The maximum absolute atomic E-state index is 12.7. The summed E-state index contributed by atoms with van der Waals surface area (Å²) in [5, 5.41) is 6.11. The molecule has 2 N–H and O–H groups in total. The number of alkyl halides is 3. The first-order valence-corrected chi connectivity index (χ1v) is 9.26. The monoisotopic (exact) mass is 400 g/mol. The Labute approximate surface area is 163 Å². The lowest BCUT2D eigenvalue weighted by Gasteiger charge is -2.24. The molecule has 1 fully saturated rings. The van der Waals surface area contributed by atoms with Crippen molar-refractivity contribution < 1.29 is 22.7 Å². The minimum Gasteiger partial charge on any atom is -0.376 e. The molecule has 2 rings (SSSR count). The molecule has 1 unspecified atom stereocenters. The molecule has 1 aromatic rings. The Hall–Kier alpha value is -2.29. The number of rotatable bonds is 6. The van der Waals surface area contributed by atoms with Gasteiger partial charge in [-0.25, -0.2) is 4.99 Å². The van der Waals surface area contributed by atoms with E-state index in [9.17, 15) is 18.0 Å². The zero-order valence-electron chi connectivity index (χ0n) is 16.2. The van der Waals surface area contributed by atoms with E-state index in [1.807, 2.05) is 0 Å². The van der Waals surface area contributed by atoms with E-state index in [0.29, 0.717) is 18.1 Å². The molecule has 1 atom stereocenters. The van der Waals surface area contributed by atoms with Crippen LogP contribution < -0.4 is 10.6 Å². The van der Waals surface area contributed by atoms with E-state index in [-0.39, 0.29) is 25.1 Å². The second-order valence-corrected chi connectivity index (χ2v) is 6.87. The van der Waals surface area contributed by atoms with Gasteiger partial charge in [-0.3, -0.25) is 4.79 Å². The Morgan fingerprint density at radius 1 is 1.21 bits per heavy atom. The number of nitrogens with zero attached hydrogens (tertiary/aromatic N) is 2. The molecule has 1 aromatic carbocycles. The number of carbonyl (C=O) groups is 1. The van der Waals surface area contributed by atoms with Crippen molar-refractivity contribution in [3.05, 3.63) is 35.4 Å². The van der Waals surface area contributed by atoms with Crippen LogP contribution >= 0.6 is 0 Å². The molecule has 28 heavy (non-hydrogen) atoms. The molecule has 156 valence electrons. The van der Waals surface area contributed by atoms with Crippen molar-refractivity contribution in [2.24, 2.45) is 4.99 Å². The first-order chi connectivity index (χ1) is 13.3. The number of hydrogen-bond donors (Lipinski definition) is 2. The van der Waals surface area contributed by atoms with Crippen LogP contribution in [0, 0.1) is 0 Å². The topological polar surface area (TPSA) is 66.0 Å². The second-order valence-electron chi connectivity index (χ2n) is 6.87. The van der Waals surface area contributed by atoms with Gasteiger partial charge in [0.2, 0.25) is 5.91 Å². The van der Waals surface area contributed by atoms with Gasteiger partial charge in [-0.05, 0) is 37.0 Å². The van der Waals surface area contributed by atoms with Gasteiger partial charge in [0.05, 0.1) is 24.8 Å². The zero-order chi connectivity index (χ0) is 20.6. The van der Waals surface area contributed by atoms with Gasteiger partial charge in [-0.1, -0.05) is 12.1 Å². The highest BCUT2D eigenvalue weighted by Crippen LogP contribution is 2.29. The second kappa shape index (κ2) is 10.3. The van der Waals surface area contributed by atoms with Crippen molar-refractivity contribution in [3.63, 3.8) is 0 Å². The van der Waals surface area contributed by atoms with Gasteiger partial charge < -0.3 is 20.3 Å². The third-order valence-electron chi connectivity index (χ3n) is 4.38. The number of aliphatic imine (C=N–C) groups is 1. The van der Waals surface area contributed by atoms with E-state index in [1.54, 1.807) is 14.1 Å². The van der Waals surface area contributed by atoms with Gasteiger partial charge in [0.1, 0.15) is 0 Å². The molecular formula is C19H27F3N4O2. The molecule has 0 saturated carbocycles. The number of guanidine groups is 1. The van der Waals surface area contributed by atoms with Crippen LogP contribution in [-0.4, -0.2) is 56.7 Å². The maximum Gasteiger partial charge on any atom is 0.416 e. The summed E-state index contributed by atoms with van der Waals surface area (Å²) in [6.45, 7) is 1.54. The lowest BCUT2D eigenvalue weighted by molar-refractivity contribution is -0.137. The van der Waals surface area contributed by atoms with E-state index < -0.39 is 11.7 Å². The Morgan fingerprint density at radius 2 is 1.93 bits per heavy atom. The summed E-state index contributed by atoms with van der Waals surface area (Å²) in [6, 6.07) is 4.88.